The second-order valence-electron chi connectivity index (χ2n) is 4.75. The van der Waals surface area contributed by atoms with Crippen molar-refractivity contribution in [3.63, 3.8) is 0 Å². The second kappa shape index (κ2) is 5.25. The van der Waals surface area contributed by atoms with Crippen molar-refractivity contribution in [2.24, 2.45) is 5.92 Å². The molecule has 0 aromatic heterocycles. The molecule has 0 amide bonds. The van der Waals surface area contributed by atoms with Crippen molar-refractivity contribution in [2.45, 2.75) is 25.0 Å². The van der Waals surface area contributed by atoms with Crippen LogP contribution in [-0.2, 0) is 4.74 Å². The highest BCUT2D eigenvalue weighted by atomic mass is 16.5. The molecule has 15 heavy (non-hydrogen) atoms. The van der Waals surface area contributed by atoms with Gasteiger partial charge in [-0.25, -0.2) is 0 Å². The quantitative estimate of drug-likeness (QED) is 0.676. The van der Waals surface area contributed by atoms with Gasteiger partial charge >= 0.3 is 0 Å². The number of piperidine rings is 1. The number of aliphatic hydroxyl groups is 1. The summed E-state index contributed by atoms with van der Waals surface area (Å²) in [6.45, 7) is 4.74. The van der Waals surface area contributed by atoms with E-state index < -0.39 is 0 Å². The van der Waals surface area contributed by atoms with Crippen LogP contribution in [0.2, 0.25) is 0 Å². The number of nitrogens with one attached hydrogen (secondary N) is 1. The number of methoxy groups -OCH3 is 1. The molecule has 0 aromatic carbocycles. The van der Waals surface area contributed by atoms with Crippen LogP contribution in [-0.4, -0.2) is 62.0 Å². The third kappa shape index (κ3) is 2.69. The van der Waals surface area contributed by atoms with Gasteiger partial charge < -0.3 is 15.2 Å². The minimum Gasteiger partial charge on any atom is -0.390 e. The molecule has 0 spiro atoms. The fourth-order valence-corrected chi connectivity index (χ4v) is 2.79. The second-order valence-corrected chi connectivity index (χ2v) is 4.75. The molecule has 2 fully saturated rings. The Morgan fingerprint density at radius 3 is 3.00 bits per heavy atom. The molecular weight excluding hydrogens is 192 g/mol. The Labute approximate surface area is 91.6 Å². The van der Waals surface area contributed by atoms with Crippen molar-refractivity contribution >= 4 is 0 Å². The highest BCUT2D eigenvalue weighted by molar-refractivity contribution is 4.90. The topological polar surface area (TPSA) is 44.7 Å². The largest absolute Gasteiger partial charge is 0.390 e. The molecule has 0 saturated carbocycles. The number of hydrogen-bond acceptors (Lipinski definition) is 4. The minimum atomic E-state index is -0.189. The van der Waals surface area contributed by atoms with Gasteiger partial charge in [0.05, 0.1) is 12.7 Å². The summed E-state index contributed by atoms with van der Waals surface area (Å²) >= 11 is 0. The normalized spacial score (nSPS) is 38.4. The molecule has 2 N–H and O–H groups in total. The smallest absolute Gasteiger partial charge is 0.0831 e. The molecule has 2 rings (SSSR count). The van der Waals surface area contributed by atoms with E-state index in [1.165, 1.54) is 12.8 Å². The van der Waals surface area contributed by atoms with Gasteiger partial charge in [0.1, 0.15) is 0 Å². The van der Waals surface area contributed by atoms with Crippen LogP contribution >= 0.6 is 0 Å². The zero-order valence-corrected chi connectivity index (χ0v) is 9.48. The van der Waals surface area contributed by atoms with E-state index in [1.54, 1.807) is 7.11 Å². The molecule has 4 nitrogen and oxygen atoms in total. The van der Waals surface area contributed by atoms with Gasteiger partial charge in [0.2, 0.25) is 0 Å². The van der Waals surface area contributed by atoms with E-state index in [0.29, 0.717) is 12.0 Å². The lowest BCUT2D eigenvalue weighted by molar-refractivity contribution is 0.0322. The fourth-order valence-electron chi connectivity index (χ4n) is 2.79. The summed E-state index contributed by atoms with van der Waals surface area (Å²) in [6, 6.07) is 0.324. The number of nitrogens with zero attached hydrogens (tertiary/aromatic N) is 1. The molecule has 2 heterocycles. The molecule has 4 heteroatoms. The van der Waals surface area contributed by atoms with Crippen molar-refractivity contribution in [1.29, 1.82) is 0 Å². The Hall–Kier alpha value is -0.160. The molecule has 3 atom stereocenters. The molecule has 2 aliphatic heterocycles. The lowest BCUT2D eigenvalue weighted by Gasteiger charge is -2.37. The molecule has 0 aliphatic carbocycles. The zero-order chi connectivity index (χ0) is 10.7. The molecule has 88 valence electrons. The predicted molar refractivity (Wildman–Crippen MR) is 58.8 cm³/mol. The Kier molecular flexibility index (Phi) is 3.97. The highest BCUT2D eigenvalue weighted by Crippen LogP contribution is 2.21. The molecule has 0 aromatic rings. The summed E-state index contributed by atoms with van der Waals surface area (Å²) in [6.07, 6.45) is 2.31. The Balaban J connectivity index is 1.86. The first-order valence-electron chi connectivity index (χ1n) is 5.93. The Bertz CT molecular complexity index is 199. The monoisotopic (exact) mass is 214 g/mol. The summed E-state index contributed by atoms with van der Waals surface area (Å²) in [4.78, 5) is 2.43. The first-order chi connectivity index (χ1) is 7.31. The summed E-state index contributed by atoms with van der Waals surface area (Å²) < 4.78 is 5.21. The number of aliphatic hydroxyl groups excluding tert-OH is 1. The van der Waals surface area contributed by atoms with E-state index in [-0.39, 0.29) is 6.10 Å². The van der Waals surface area contributed by atoms with Crippen molar-refractivity contribution in [2.75, 3.05) is 39.9 Å². The van der Waals surface area contributed by atoms with Crippen LogP contribution in [0.15, 0.2) is 0 Å². The fraction of sp³-hybridized carbons (Fsp3) is 1.00. The standard InChI is InChI=1S/C11H22N2O2/c1-15-8-9-3-2-4-13(7-9)10-5-12-6-11(10)14/h9-12,14H,2-8H2,1H3. The van der Waals surface area contributed by atoms with Crippen LogP contribution < -0.4 is 5.32 Å². The molecule has 2 saturated heterocycles. The lowest BCUT2D eigenvalue weighted by atomic mass is 9.97. The average Bonchev–Trinajstić information content (AvgIpc) is 2.65. The van der Waals surface area contributed by atoms with E-state index in [4.69, 9.17) is 4.74 Å². The van der Waals surface area contributed by atoms with Gasteiger partial charge in [0, 0.05) is 32.8 Å². The van der Waals surface area contributed by atoms with Gasteiger partial charge in [0.15, 0.2) is 0 Å². The summed E-state index contributed by atoms with van der Waals surface area (Å²) in [7, 11) is 1.77. The van der Waals surface area contributed by atoms with E-state index in [9.17, 15) is 5.11 Å². The van der Waals surface area contributed by atoms with Gasteiger partial charge in [-0.1, -0.05) is 0 Å². The van der Waals surface area contributed by atoms with Crippen LogP contribution in [0, 0.1) is 5.92 Å². The van der Waals surface area contributed by atoms with Crippen LogP contribution in [0.3, 0.4) is 0 Å². The first kappa shape index (κ1) is 11.3. The van der Waals surface area contributed by atoms with E-state index in [2.05, 4.69) is 10.2 Å². The maximum Gasteiger partial charge on any atom is 0.0831 e. The molecule has 2 aliphatic rings. The SMILES string of the molecule is COCC1CCCN(C2CNCC2O)C1. The van der Waals surface area contributed by atoms with Crippen molar-refractivity contribution in [3.05, 3.63) is 0 Å². The summed E-state index contributed by atoms with van der Waals surface area (Å²) in [5.41, 5.74) is 0. The van der Waals surface area contributed by atoms with E-state index in [0.717, 1.165) is 32.8 Å². The molecule has 0 bridgehead atoms. The average molecular weight is 214 g/mol. The van der Waals surface area contributed by atoms with E-state index in [1.807, 2.05) is 0 Å². The van der Waals surface area contributed by atoms with Crippen molar-refractivity contribution < 1.29 is 9.84 Å². The first-order valence-corrected chi connectivity index (χ1v) is 5.93. The van der Waals surface area contributed by atoms with Gasteiger partial charge in [-0.05, 0) is 25.3 Å². The summed E-state index contributed by atoms with van der Waals surface area (Å²) in [5, 5.41) is 13.1. The number of rotatable bonds is 3. The van der Waals surface area contributed by atoms with Gasteiger partial charge in [-0.15, -0.1) is 0 Å². The van der Waals surface area contributed by atoms with Crippen molar-refractivity contribution in [3.8, 4) is 0 Å². The van der Waals surface area contributed by atoms with E-state index >= 15 is 0 Å². The number of likely N-dealkylation sites (tertiary alicyclic amines) is 1. The third-order valence-corrected chi connectivity index (χ3v) is 3.57. The maximum absolute atomic E-state index is 9.82. The van der Waals surface area contributed by atoms with Crippen LogP contribution in [0.4, 0.5) is 0 Å². The highest BCUT2D eigenvalue weighted by Gasteiger charge is 2.33. The third-order valence-electron chi connectivity index (χ3n) is 3.57. The Morgan fingerprint density at radius 2 is 2.33 bits per heavy atom. The number of β-amino-alcohol motifs (C(OH)–C–C–N with tert-alkyl or cyclic N) is 1. The zero-order valence-electron chi connectivity index (χ0n) is 9.48. The number of ether oxygens (including phenoxy) is 1. The van der Waals surface area contributed by atoms with Crippen LogP contribution in [0.1, 0.15) is 12.8 Å². The molecule has 0 radical (unpaired) electrons. The van der Waals surface area contributed by atoms with Gasteiger partial charge in [0.25, 0.3) is 0 Å². The number of hydrogen-bond donors (Lipinski definition) is 2. The van der Waals surface area contributed by atoms with Gasteiger partial charge in [-0.3, -0.25) is 4.90 Å². The van der Waals surface area contributed by atoms with Gasteiger partial charge in [-0.2, -0.15) is 0 Å². The Morgan fingerprint density at radius 1 is 1.47 bits per heavy atom. The molecular formula is C11H22N2O2. The summed E-state index contributed by atoms with van der Waals surface area (Å²) in [5.74, 6) is 0.650. The maximum atomic E-state index is 9.82. The molecule has 3 unspecified atom stereocenters. The lowest BCUT2D eigenvalue weighted by Crippen LogP contribution is -2.48. The van der Waals surface area contributed by atoms with Crippen LogP contribution in [0.25, 0.3) is 0 Å². The predicted octanol–water partition coefficient (Wildman–Crippen LogP) is -0.322. The van der Waals surface area contributed by atoms with Crippen LogP contribution in [0.5, 0.6) is 0 Å². The minimum absolute atomic E-state index is 0.189. The van der Waals surface area contributed by atoms with Crippen molar-refractivity contribution in [1.82, 2.24) is 10.2 Å².